The molecule has 0 saturated heterocycles. The smallest absolute Gasteiger partial charge is 0.234 e. The number of carbonyl (C=O) groups is 1. The van der Waals surface area contributed by atoms with Gasteiger partial charge < -0.3 is 14.6 Å². The average molecular weight is 451 g/mol. The number of ether oxygens (including phenoxy) is 1. The van der Waals surface area contributed by atoms with Gasteiger partial charge >= 0.3 is 0 Å². The Balaban J connectivity index is 1.62. The van der Waals surface area contributed by atoms with Gasteiger partial charge in [0.15, 0.2) is 17.1 Å². The maximum atomic E-state index is 12.3. The Bertz CT molecular complexity index is 982. The maximum Gasteiger partial charge on any atom is 0.234 e. The third-order valence-corrected chi connectivity index (χ3v) is 5.72. The number of halogens is 2. The molecule has 1 atom stereocenters. The van der Waals surface area contributed by atoms with E-state index in [1.807, 2.05) is 48.7 Å². The molecule has 0 fully saturated rings. The average Bonchev–Trinajstić information content (AvgIpc) is 3.13. The number of para-hydroxylation sites is 1. The SMILES string of the molecule is CCn1c(SCC(=O)Nc2ccc(Cl)c(Cl)c2)nnc1C(C)Oc1ccccc1. The van der Waals surface area contributed by atoms with Crippen LogP contribution in [0, 0.1) is 0 Å². The van der Waals surface area contributed by atoms with Crippen LogP contribution in [0.5, 0.6) is 5.75 Å². The molecule has 1 heterocycles. The number of thioether (sulfide) groups is 1. The fraction of sp³-hybridized carbons (Fsp3) is 0.250. The molecule has 1 unspecified atom stereocenters. The molecule has 1 aromatic heterocycles. The first-order valence-corrected chi connectivity index (χ1v) is 10.7. The van der Waals surface area contributed by atoms with Crippen LogP contribution >= 0.6 is 35.0 Å². The van der Waals surface area contributed by atoms with Gasteiger partial charge in [-0.05, 0) is 44.2 Å². The van der Waals surface area contributed by atoms with E-state index in [1.54, 1.807) is 18.2 Å². The van der Waals surface area contributed by atoms with Gasteiger partial charge in [0.05, 0.1) is 15.8 Å². The highest BCUT2D eigenvalue weighted by Crippen LogP contribution is 2.26. The zero-order chi connectivity index (χ0) is 20.8. The lowest BCUT2D eigenvalue weighted by atomic mass is 10.3. The third kappa shape index (κ3) is 5.65. The third-order valence-electron chi connectivity index (χ3n) is 4.02. The van der Waals surface area contributed by atoms with Crippen molar-refractivity contribution in [3.8, 4) is 5.75 Å². The molecular formula is C20H20Cl2N4O2S. The van der Waals surface area contributed by atoms with Crippen LogP contribution in [-0.4, -0.2) is 26.4 Å². The van der Waals surface area contributed by atoms with E-state index in [-0.39, 0.29) is 17.8 Å². The predicted molar refractivity (Wildman–Crippen MR) is 117 cm³/mol. The topological polar surface area (TPSA) is 69.0 Å². The summed E-state index contributed by atoms with van der Waals surface area (Å²) in [4.78, 5) is 12.3. The van der Waals surface area contributed by atoms with Crippen LogP contribution in [0.3, 0.4) is 0 Å². The van der Waals surface area contributed by atoms with Crippen LogP contribution in [0.2, 0.25) is 10.0 Å². The largest absolute Gasteiger partial charge is 0.483 e. The molecule has 3 aromatic rings. The molecule has 0 saturated carbocycles. The second kappa shape index (κ2) is 10.0. The highest BCUT2D eigenvalue weighted by atomic mass is 35.5. The number of amides is 1. The lowest BCUT2D eigenvalue weighted by Gasteiger charge is -2.15. The van der Waals surface area contributed by atoms with Crippen molar-refractivity contribution in [1.82, 2.24) is 14.8 Å². The van der Waals surface area contributed by atoms with Crippen molar-refractivity contribution in [2.24, 2.45) is 0 Å². The quantitative estimate of drug-likeness (QED) is 0.460. The Kier molecular flexibility index (Phi) is 7.41. The number of aromatic nitrogens is 3. The van der Waals surface area contributed by atoms with Gasteiger partial charge in [0.25, 0.3) is 0 Å². The van der Waals surface area contributed by atoms with Crippen molar-refractivity contribution >= 4 is 46.6 Å². The standard InChI is InChI=1S/C20H20Cl2N4O2S/c1-3-26-19(13(2)28-15-7-5-4-6-8-15)24-25-20(26)29-12-18(27)23-14-9-10-16(21)17(22)11-14/h4-11,13H,3,12H2,1-2H3,(H,23,27). The summed E-state index contributed by atoms with van der Waals surface area (Å²) in [6.07, 6.45) is -0.274. The Morgan fingerprint density at radius 3 is 2.62 bits per heavy atom. The molecule has 152 valence electrons. The van der Waals surface area contributed by atoms with Gasteiger partial charge in [-0.2, -0.15) is 0 Å². The fourth-order valence-electron chi connectivity index (χ4n) is 2.66. The summed E-state index contributed by atoms with van der Waals surface area (Å²) in [7, 11) is 0. The number of nitrogens with one attached hydrogen (secondary N) is 1. The van der Waals surface area contributed by atoms with Crippen LogP contribution < -0.4 is 10.1 Å². The molecule has 0 bridgehead atoms. The highest BCUT2D eigenvalue weighted by Gasteiger charge is 2.19. The van der Waals surface area contributed by atoms with Crippen molar-refractivity contribution in [3.05, 3.63) is 64.4 Å². The number of hydrogen-bond acceptors (Lipinski definition) is 5. The molecule has 6 nitrogen and oxygen atoms in total. The van der Waals surface area contributed by atoms with Crippen LogP contribution in [0.4, 0.5) is 5.69 Å². The molecule has 29 heavy (non-hydrogen) atoms. The number of rotatable bonds is 8. The van der Waals surface area contributed by atoms with E-state index in [0.717, 1.165) is 5.75 Å². The summed E-state index contributed by atoms with van der Waals surface area (Å²) in [6.45, 7) is 4.60. The molecule has 9 heteroatoms. The van der Waals surface area contributed by atoms with Gasteiger partial charge in [-0.15, -0.1) is 10.2 Å². The van der Waals surface area contributed by atoms with Gasteiger partial charge in [0, 0.05) is 12.2 Å². The van der Waals surface area contributed by atoms with E-state index in [0.29, 0.717) is 33.3 Å². The molecule has 0 spiro atoms. The second-order valence-electron chi connectivity index (χ2n) is 6.12. The molecule has 0 radical (unpaired) electrons. The van der Waals surface area contributed by atoms with Gasteiger partial charge in [-0.1, -0.05) is 53.2 Å². The first-order chi connectivity index (χ1) is 14.0. The molecule has 0 aliphatic heterocycles. The van der Waals surface area contributed by atoms with Gasteiger partial charge in [0.1, 0.15) is 5.75 Å². The summed E-state index contributed by atoms with van der Waals surface area (Å²) in [5, 5.41) is 12.8. The minimum atomic E-state index is -0.274. The Hall–Kier alpha value is -2.22. The zero-order valence-electron chi connectivity index (χ0n) is 15.9. The summed E-state index contributed by atoms with van der Waals surface area (Å²) in [5.74, 6) is 1.49. The lowest BCUT2D eigenvalue weighted by molar-refractivity contribution is -0.113. The van der Waals surface area contributed by atoms with Gasteiger partial charge in [0.2, 0.25) is 5.91 Å². The molecule has 3 rings (SSSR count). The second-order valence-corrected chi connectivity index (χ2v) is 7.88. The molecule has 2 aromatic carbocycles. The van der Waals surface area contributed by atoms with Crippen LogP contribution in [-0.2, 0) is 11.3 Å². The Labute approximate surface area is 183 Å². The molecule has 1 N–H and O–H groups in total. The van der Waals surface area contributed by atoms with Crippen molar-refractivity contribution in [2.75, 3.05) is 11.1 Å². The monoisotopic (exact) mass is 450 g/mol. The summed E-state index contributed by atoms with van der Waals surface area (Å²) in [6, 6.07) is 14.5. The van der Waals surface area contributed by atoms with Crippen LogP contribution in [0.1, 0.15) is 25.8 Å². The van der Waals surface area contributed by atoms with Crippen molar-refractivity contribution in [1.29, 1.82) is 0 Å². The summed E-state index contributed by atoms with van der Waals surface area (Å²) < 4.78 is 7.90. The molecule has 0 aliphatic rings. The van der Waals surface area contributed by atoms with E-state index in [9.17, 15) is 4.79 Å². The fourth-order valence-corrected chi connectivity index (χ4v) is 3.77. The summed E-state index contributed by atoms with van der Waals surface area (Å²) >= 11 is 13.2. The molecule has 0 aliphatic carbocycles. The van der Waals surface area contributed by atoms with Crippen molar-refractivity contribution < 1.29 is 9.53 Å². The molecule has 1 amide bonds. The zero-order valence-corrected chi connectivity index (χ0v) is 18.3. The van der Waals surface area contributed by atoms with E-state index in [2.05, 4.69) is 15.5 Å². The molecular weight excluding hydrogens is 431 g/mol. The van der Waals surface area contributed by atoms with Crippen molar-refractivity contribution in [3.63, 3.8) is 0 Å². The number of anilines is 1. The van der Waals surface area contributed by atoms with E-state index in [1.165, 1.54) is 11.8 Å². The lowest BCUT2D eigenvalue weighted by Crippen LogP contribution is -2.15. The normalized spacial score (nSPS) is 11.9. The van der Waals surface area contributed by atoms with Gasteiger partial charge in [-0.25, -0.2) is 0 Å². The summed E-state index contributed by atoms with van der Waals surface area (Å²) in [5.41, 5.74) is 0.590. The number of hydrogen-bond donors (Lipinski definition) is 1. The first-order valence-electron chi connectivity index (χ1n) is 9.00. The Morgan fingerprint density at radius 2 is 1.93 bits per heavy atom. The van der Waals surface area contributed by atoms with E-state index >= 15 is 0 Å². The first kappa shape index (κ1) is 21.5. The highest BCUT2D eigenvalue weighted by molar-refractivity contribution is 7.99. The van der Waals surface area contributed by atoms with E-state index in [4.69, 9.17) is 27.9 Å². The van der Waals surface area contributed by atoms with Gasteiger partial charge in [-0.3, -0.25) is 4.79 Å². The minimum absolute atomic E-state index is 0.172. The maximum absolute atomic E-state index is 12.3. The number of carbonyl (C=O) groups excluding carboxylic acids is 1. The Morgan fingerprint density at radius 1 is 1.17 bits per heavy atom. The number of nitrogens with zero attached hydrogens (tertiary/aromatic N) is 3. The minimum Gasteiger partial charge on any atom is -0.483 e. The number of benzene rings is 2. The van der Waals surface area contributed by atoms with Crippen LogP contribution in [0.15, 0.2) is 53.7 Å². The van der Waals surface area contributed by atoms with Crippen molar-refractivity contribution in [2.45, 2.75) is 31.7 Å². The van der Waals surface area contributed by atoms with E-state index < -0.39 is 0 Å². The predicted octanol–water partition coefficient (Wildman–Crippen LogP) is 5.48. The van der Waals surface area contributed by atoms with Crippen LogP contribution in [0.25, 0.3) is 0 Å².